The lowest BCUT2D eigenvalue weighted by Gasteiger charge is -2.26. The third-order valence-corrected chi connectivity index (χ3v) is 8.22. The van der Waals surface area contributed by atoms with Gasteiger partial charge in [0.15, 0.2) is 0 Å². The van der Waals surface area contributed by atoms with E-state index in [2.05, 4.69) is 13.8 Å². The van der Waals surface area contributed by atoms with Crippen molar-refractivity contribution in [2.75, 3.05) is 65.8 Å². The van der Waals surface area contributed by atoms with Crippen molar-refractivity contribution in [2.45, 2.75) is 37.9 Å². The molecule has 0 radical (unpaired) electrons. The second kappa shape index (κ2) is 14.8. The topological polar surface area (TPSA) is 90.4 Å². The number of nitrogens with zero attached hydrogens (tertiary/aromatic N) is 3. The Hall–Kier alpha value is -1.23. The molecule has 1 aliphatic rings. The summed E-state index contributed by atoms with van der Waals surface area (Å²) in [7, 11) is 6.81. The molecule has 10 heteroatoms. The number of ether oxygens (including phenoxy) is 1. The predicted molar refractivity (Wildman–Crippen MR) is 127 cm³/mol. The number of aliphatic hydroxyl groups is 1. The summed E-state index contributed by atoms with van der Waals surface area (Å²) in [6.45, 7) is 7.19. The van der Waals surface area contributed by atoms with Crippen molar-refractivity contribution in [3.8, 4) is 0 Å². The Morgan fingerprint density at radius 2 is 1.81 bits per heavy atom. The summed E-state index contributed by atoms with van der Waals surface area (Å²) < 4.78 is 5.44. The van der Waals surface area contributed by atoms with Gasteiger partial charge in [0.25, 0.3) is 0 Å². The van der Waals surface area contributed by atoms with Crippen LogP contribution in [0.15, 0.2) is 12.2 Å². The van der Waals surface area contributed by atoms with Gasteiger partial charge < -0.3 is 24.5 Å². The zero-order chi connectivity index (χ0) is 23.3. The number of hydrogen-bond acceptors (Lipinski definition) is 7. The van der Waals surface area contributed by atoms with Gasteiger partial charge in [0.1, 0.15) is 0 Å². The molecule has 8 nitrogen and oxygen atoms in total. The fourth-order valence-corrected chi connectivity index (χ4v) is 5.08. The molecule has 1 N–H and O–H groups in total. The third-order valence-electron chi connectivity index (χ3n) is 4.89. The second-order valence-electron chi connectivity index (χ2n) is 8.07. The smallest absolute Gasteiger partial charge is 0.246 e. The fraction of sp³-hybridized carbons (Fsp3) is 0.762. The van der Waals surface area contributed by atoms with Gasteiger partial charge in [-0.1, -0.05) is 27.7 Å². The van der Waals surface area contributed by atoms with Gasteiger partial charge in [-0.05, 0) is 20.3 Å². The van der Waals surface area contributed by atoms with Crippen LogP contribution in [0.3, 0.4) is 0 Å². The number of rotatable bonds is 16. The summed E-state index contributed by atoms with van der Waals surface area (Å²) >= 11 is 0. The molecule has 0 bridgehead atoms. The average molecular weight is 476 g/mol. The summed E-state index contributed by atoms with van der Waals surface area (Å²) in [5.74, 6) is 0.721. The van der Waals surface area contributed by atoms with Crippen molar-refractivity contribution in [3.05, 3.63) is 12.2 Å². The lowest BCUT2D eigenvalue weighted by Crippen LogP contribution is -2.38. The second-order valence-corrected chi connectivity index (χ2v) is 11.2. The van der Waals surface area contributed by atoms with Crippen molar-refractivity contribution >= 4 is 39.3 Å². The molecule has 1 heterocycles. The molecule has 0 aromatic rings. The standard InChI is InChI=1S/C21H37N3O5S2/c1-21(2,31-30-17-14-25)9-7-18(26)22(3)11-12-23(4)19(27)8-15-29-16-13-24-10-5-6-20(24)28/h5-6,25H,7-17H2,1-4H3. The first-order valence-corrected chi connectivity index (χ1v) is 12.9. The van der Waals surface area contributed by atoms with Crippen LogP contribution >= 0.6 is 21.6 Å². The van der Waals surface area contributed by atoms with E-state index in [1.807, 2.05) is 6.08 Å². The van der Waals surface area contributed by atoms with Gasteiger partial charge in [-0.2, -0.15) is 0 Å². The Morgan fingerprint density at radius 1 is 1.16 bits per heavy atom. The molecule has 1 rings (SSSR count). The summed E-state index contributed by atoms with van der Waals surface area (Å²) in [5.41, 5.74) is 0. The maximum absolute atomic E-state index is 12.4. The summed E-state index contributed by atoms with van der Waals surface area (Å²) in [5, 5.41) is 8.87. The number of amides is 3. The average Bonchev–Trinajstić information content (AvgIpc) is 3.14. The van der Waals surface area contributed by atoms with Gasteiger partial charge in [-0.15, -0.1) is 0 Å². The quantitative estimate of drug-likeness (QED) is 0.268. The molecule has 3 amide bonds. The van der Waals surface area contributed by atoms with E-state index < -0.39 is 0 Å². The molecule has 31 heavy (non-hydrogen) atoms. The normalized spacial score (nSPS) is 13.7. The van der Waals surface area contributed by atoms with E-state index in [1.165, 1.54) is 0 Å². The van der Waals surface area contributed by atoms with Crippen LogP contribution in [0.1, 0.15) is 33.1 Å². The summed E-state index contributed by atoms with van der Waals surface area (Å²) in [6, 6.07) is 0. The van der Waals surface area contributed by atoms with Gasteiger partial charge >= 0.3 is 0 Å². The Kier molecular flexibility index (Phi) is 13.2. The van der Waals surface area contributed by atoms with Crippen LogP contribution in [0.2, 0.25) is 0 Å². The Labute approximate surface area is 194 Å². The van der Waals surface area contributed by atoms with Crippen molar-refractivity contribution in [3.63, 3.8) is 0 Å². The van der Waals surface area contributed by atoms with Crippen LogP contribution in [0.25, 0.3) is 0 Å². The first-order valence-electron chi connectivity index (χ1n) is 10.6. The van der Waals surface area contributed by atoms with E-state index >= 15 is 0 Å². The zero-order valence-corrected chi connectivity index (χ0v) is 20.8. The highest BCUT2D eigenvalue weighted by Crippen LogP contribution is 2.38. The lowest BCUT2D eigenvalue weighted by molar-refractivity contribution is -0.134. The molecule has 0 aliphatic carbocycles. The van der Waals surface area contributed by atoms with E-state index in [0.29, 0.717) is 51.6 Å². The molecule has 0 spiro atoms. The molecule has 0 saturated heterocycles. The van der Waals surface area contributed by atoms with Gasteiger partial charge in [0.05, 0.1) is 26.2 Å². The maximum Gasteiger partial charge on any atom is 0.246 e. The molecule has 0 aromatic carbocycles. The van der Waals surface area contributed by atoms with Crippen LogP contribution in [0.5, 0.6) is 0 Å². The number of carbonyl (C=O) groups is 3. The number of hydrogen-bond donors (Lipinski definition) is 1. The SMILES string of the molecule is CN(CCN(C)C(=O)CCC(C)(C)SSCCO)C(=O)CCOCCN1CC=CC1=O. The number of aliphatic hydroxyl groups excluding tert-OH is 1. The molecule has 0 aromatic heterocycles. The van der Waals surface area contributed by atoms with E-state index in [4.69, 9.17) is 9.84 Å². The Morgan fingerprint density at radius 3 is 2.39 bits per heavy atom. The van der Waals surface area contributed by atoms with E-state index in [1.54, 1.807) is 56.5 Å². The van der Waals surface area contributed by atoms with E-state index in [-0.39, 0.29) is 35.5 Å². The van der Waals surface area contributed by atoms with Crippen LogP contribution in [0, 0.1) is 0 Å². The first kappa shape index (κ1) is 27.8. The monoisotopic (exact) mass is 475 g/mol. The highest BCUT2D eigenvalue weighted by atomic mass is 33.1. The van der Waals surface area contributed by atoms with Crippen molar-refractivity contribution in [1.29, 1.82) is 0 Å². The van der Waals surface area contributed by atoms with Gasteiger partial charge in [0, 0.05) is 63.3 Å². The van der Waals surface area contributed by atoms with E-state index in [9.17, 15) is 14.4 Å². The molecule has 0 unspecified atom stereocenters. The fourth-order valence-electron chi connectivity index (χ4n) is 2.73. The number of carbonyl (C=O) groups excluding carboxylic acids is 3. The molecular weight excluding hydrogens is 438 g/mol. The van der Waals surface area contributed by atoms with Crippen molar-refractivity contribution in [1.82, 2.24) is 14.7 Å². The molecule has 0 atom stereocenters. The minimum atomic E-state index is -0.0400. The van der Waals surface area contributed by atoms with Crippen molar-refractivity contribution in [2.24, 2.45) is 0 Å². The Balaban J connectivity index is 2.15. The van der Waals surface area contributed by atoms with Gasteiger partial charge in [-0.25, -0.2) is 0 Å². The van der Waals surface area contributed by atoms with Crippen LogP contribution in [-0.4, -0.2) is 108 Å². The minimum Gasteiger partial charge on any atom is -0.395 e. The number of likely N-dealkylation sites (N-methyl/N-ethyl adjacent to an activating group) is 2. The van der Waals surface area contributed by atoms with E-state index in [0.717, 1.165) is 6.42 Å². The van der Waals surface area contributed by atoms with Crippen LogP contribution in [0.4, 0.5) is 0 Å². The highest BCUT2D eigenvalue weighted by Gasteiger charge is 2.22. The minimum absolute atomic E-state index is 0.000908. The predicted octanol–water partition coefficient (Wildman–Crippen LogP) is 1.64. The summed E-state index contributed by atoms with van der Waals surface area (Å²) in [6.07, 6.45) is 4.86. The van der Waals surface area contributed by atoms with Gasteiger partial charge in [-0.3, -0.25) is 14.4 Å². The van der Waals surface area contributed by atoms with Crippen molar-refractivity contribution < 1.29 is 24.2 Å². The largest absolute Gasteiger partial charge is 0.395 e. The van der Waals surface area contributed by atoms with Crippen LogP contribution in [-0.2, 0) is 19.1 Å². The van der Waals surface area contributed by atoms with Crippen LogP contribution < -0.4 is 0 Å². The molecule has 0 saturated carbocycles. The maximum atomic E-state index is 12.4. The summed E-state index contributed by atoms with van der Waals surface area (Å²) in [4.78, 5) is 41.0. The highest BCUT2D eigenvalue weighted by molar-refractivity contribution is 8.77. The third kappa shape index (κ3) is 11.8. The molecule has 1 aliphatic heterocycles. The first-order chi connectivity index (χ1) is 14.7. The molecular formula is C21H37N3O5S2. The molecule has 0 fully saturated rings. The zero-order valence-electron chi connectivity index (χ0n) is 19.2. The Bertz CT molecular complexity index is 616. The lowest BCUT2D eigenvalue weighted by atomic mass is 10.1. The molecule has 178 valence electrons. The van der Waals surface area contributed by atoms with Gasteiger partial charge in [0.2, 0.25) is 17.7 Å².